The summed E-state index contributed by atoms with van der Waals surface area (Å²) in [5.74, 6) is -1.10. The Balaban J connectivity index is 2.06. The average molecular weight is 272 g/mol. The Morgan fingerprint density at radius 1 is 1.32 bits per heavy atom. The van der Waals surface area contributed by atoms with Crippen molar-refractivity contribution in [1.29, 1.82) is 0 Å². The zero-order valence-corrected chi connectivity index (χ0v) is 10.8. The fourth-order valence-corrected chi connectivity index (χ4v) is 2.59. The van der Waals surface area contributed by atoms with Crippen LogP contribution in [0, 0.1) is 5.41 Å². The molecule has 2 rings (SSSR count). The van der Waals surface area contributed by atoms with Crippen molar-refractivity contribution in [2.45, 2.75) is 18.9 Å². The summed E-state index contributed by atoms with van der Waals surface area (Å²) in [6, 6.07) is 0. The number of amides is 1. The fourth-order valence-electron chi connectivity index (χ4n) is 2.59. The summed E-state index contributed by atoms with van der Waals surface area (Å²) in [6.07, 6.45) is 0.252. The van der Waals surface area contributed by atoms with Crippen molar-refractivity contribution in [2.75, 3.05) is 39.5 Å². The van der Waals surface area contributed by atoms with Crippen molar-refractivity contribution in [2.24, 2.45) is 11.1 Å². The van der Waals surface area contributed by atoms with Gasteiger partial charge in [-0.05, 0) is 12.8 Å². The Kier molecular flexibility index (Phi) is 4.38. The van der Waals surface area contributed by atoms with Crippen LogP contribution in [-0.4, -0.2) is 67.4 Å². The average Bonchev–Trinajstić information content (AvgIpc) is 2.47. The number of ether oxygens (including phenoxy) is 2. The van der Waals surface area contributed by atoms with Crippen LogP contribution in [0.5, 0.6) is 0 Å². The molecule has 0 radical (unpaired) electrons. The molecule has 0 spiro atoms. The van der Waals surface area contributed by atoms with Crippen LogP contribution in [0.15, 0.2) is 0 Å². The summed E-state index contributed by atoms with van der Waals surface area (Å²) in [4.78, 5) is 25.1. The van der Waals surface area contributed by atoms with Gasteiger partial charge < -0.3 is 25.2 Å². The molecule has 2 heterocycles. The third-order valence-corrected chi connectivity index (χ3v) is 3.92. The van der Waals surface area contributed by atoms with Crippen molar-refractivity contribution < 1.29 is 24.2 Å². The third-order valence-electron chi connectivity index (χ3n) is 3.92. The molecule has 3 N–H and O–H groups in total. The summed E-state index contributed by atoms with van der Waals surface area (Å²) >= 11 is 0. The lowest BCUT2D eigenvalue weighted by Gasteiger charge is -2.41. The largest absolute Gasteiger partial charge is 0.479 e. The molecule has 0 aromatic heterocycles. The Bertz CT molecular complexity index is 354. The Morgan fingerprint density at radius 2 is 2.00 bits per heavy atom. The van der Waals surface area contributed by atoms with Gasteiger partial charge in [-0.25, -0.2) is 4.79 Å². The number of nitrogens with zero attached hydrogens (tertiary/aromatic N) is 1. The molecule has 7 nitrogen and oxygen atoms in total. The quantitative estimate of drug-likeness (QED) is 0.687. The maximum absolute atomic E-state index is 12.6. The molecule has 108 valence electrons. The van der Waals surface area contributed by atoms with Crippen LogP contribution in [0.25, 0.3) is 0 Å². The van der Waals surface area contributed by atoms with Gasteiger partial charge in [0.1, 0.15) is 0 Å². The number of carboxylic acids is 1. The first-order valence-electron chi connectivity index (χ1n) is 6.51. The number of carboxylic acid groups (broad SMARTS) is 1. The molecule has 2 fully saturated rings. The number of nitrogens with two attached hydrogens (primary N) is 1. The summed E-state index contributed by atoms with van der Waals surface area (Å²) in [5, 5.41) is 8.96. The maximum Gasteiger partial charge on any atom is 0.334 e. The van der Waals surface area contributed by atoms with Gasteiger partial charge in [0.2, 0.25) is 5.91 Å². The van der Waals surface area contributed by atoms with Crippen LogP contribution in [0.4, 0.5) is 0 Å². The van der Waals surface area contributed by atoms with Crippen molar-refractivity contribution in [3.63, 3.8) is 0 Å². The van der Waals surface area contributed by atoms with Crippen LogP contribution in [0.1, 0.15) is 12.8 Å². The third kappa shape index (κ3) is 2.88. The van der Waals surface area contributed by atoms with E-state index in [9.17, 15) is 9.59 Å². The monoisotopic (exact) mass is 272 g/mol. The molecule has 0 bridgehead atoms. The summed E-state index contributed by atoms with van der Waals surface area (Å²) in [7, 11) is 0. The lowest BCUT2D eigenvalue weighted by molar-refractivity contribution is -0.165. The van der Waals surface area contributed by atoms with Crippen LogP contribution in [0.3, 0.4) is 0 Å². The predicted octanol–water partition coefficient (Wildman–Crippen LogP) is -0.946. The molecule has 19 heavy (non-hydrogen) atoms. The minimum atomic E-state index is -1.04. The van der Waals surface area contributed by atoms with Crippen molar-refractivity contribution >= 4 is 11.9 Å². The molecule has 2 aliphatic rings. The van der Waals surface area contributed by atoms with E-state index in [0.29, 0.717) is 32.6 Å². The molecule has 0 aromatic rings. The van der Waals surface area contributed by atoms with Gasteiger partial charge in [0, 0.05) is 26.3 Å². The van der Waals surface area contributed by atoms with E-state index >= 15 is 0 Å². The fraction of sp³-hybridized carbons (Fsp3) is 0.833. The van der Waals surface area contributed by atoms with Gasteiger partial charge in [-0.1, -0.05) is 0 Å². The Morgan fingerprint density at radius 3 is 2.58 bits per heavy atom. The number of hydrogen-bond donors (Lipinski definition) is 2. The van der Waals surface area contributed by atoms with Crippen LogP contribution < -0.4 is 5.73 Å². The summed E-state index contributed by atoms with van der Waals surface area (Å²) in [6.45, 7) is 2.08. The van der Waals surface area contributed by atoms with E-state index in [0.717, 1.165) is 0 Å². The van der Waals surface area contributed by atoms with Gasteiger partial charge in [0.05, 0.1) is 18.6 Å². The van der Waals surface area contributed by atoms with E-state index in [1.165, 1.54) is 0 Å². The molecule has 0 aromatic carbocycles. The van der Waals surface area contributed by atoms with Crippen molar-refractivity contribution in [1.82, 2.24) is 4.90 Å². The van der Waals surface area contributed by atoms with Gasteiger partial charge in [0.15, 0.2) is 6.10 Å². The van der Waals surface area contributed by atoms with E-state index in [2.05, 4.69) is 0 Å². The maximum atomic E-state index is 12.6. The minimum Gasteiger partial charge on any atom is -0.479 e. The minimum absolute atomic E-state index is 0.0622. The highest BCUT2D eigenvalue weighted by molar-refractivity contribution is 5.84. The van der Waals surface area contributed by atoms with E-state index in [4.69, 9.17) is 20.3 Å². The van der Waals surface area contributed by atoms with Crippen LogP contribution >= 0.6 is 0 Å². The molecular formula is C12H20N2O5. The van der Waals surface area contributed by atoms with Gasteiger partial charge >= 0.3 is 5.97 Å². The molecule has 0 aliphatic carbocycles. The van der Waals surface area contributed by atoms with E-state index in [-0.39, 0.29) is 25.6 Å². The second-order valence-electron chi connectivity index (χ2n) is 5.05. The van der Waals surface area contributed by atoms with Gasteiger partial charge in [0.25, 0.3) is 0 Å². The number of morpholine rings is 1. The highest BCUT2D eigenvalue weighted by Gasteiger charge is 2.43. The van der Waals surface area contributed by atoms with Gasteiger partial charge in [-0.15, -0.1) is 0 Å². The molecule has 2 aliphatic heterocycles. The van der Waals surface area contributed by atoms with E-state index < -0.39 is 17.5 Å². The topological polar surface area (TPSA) is 102 Å². The standard InChI is InChI=1S/C12H20N2O5/c13-8-12(1-4-18-5-2-12)11(17)14-3-6-19-9(7-14)10(15)16/h9H,1-8,13H2,(H,15,16). The summed E-state index contributed by atoms with van der Waals surface area (Å²) < 4.78 is 10.4. The smallest absolute Gasteiger partial charge is 0.334 e. The second-order valence-corrected chi connectivity index (χ2v) is 5.05. The zero-order valence-electron chi connectivity index (χ0n) is 10.8. The Hall–Kier alpha value is -1.18. The highest BCUT2D eigenvalue weighted by Crippen LogP contribution is 2.32. The SMILES string of the molecule is NCC1(C(=O)N2CCOC(C(=O)O)C2)CCOCC1. The van der Waals surface area contributed by atoms with Gasteiger partial charge in [-0.3, -0.25) is 4.79 Å². The number of rotatable bonds is 3. The molecular weight excluding hydrogens is 252 g/mol. The number of carbonyl (C=O) groups is 2. The molecule has 1 unspecified atom stereocenters. The Labute approximate surface area is 111 Å². The van der Waals surface area contributed by atoms with E-state index in [1.807, 2.05) is 0 Å². The molecule has 1 amide bonds. The molecule has 2 saturated heterocycles. The van der Waals surface area contributed by atoms with E-state index in [1.54, 1.807) is 4.90 Å². The second kappa shape index (κ2) is 5.85. The molecule has 1 atom stereocenters. The lowest BCUT2D eigenvalue weighted by atomic mass is 9.78. The summed E-state index contributed by atoms with van der Waals surface area (Å²) in [5.41, 5.74) is 5.19. The number of hydrogen-bond acceptors (Lipinski definition) is 5. The van der Waals surface area contributed by atoms with Crippen LogP contribution in [0.2, 0.25) is 0 Å². The lowest BCUT2D eigenvalue weighted by Crippen LogP contribution is -2.56. The van der Waals surface area contributed by atoms with Crippen molar-refractivity contribution in [3.05, 3.63) is 0 Å². The highest BCUT2D eigenvalue weighted by atomic mass is 16.5. The normalized spacial score (nSPS) is 27.0. The molecule has 0 saturated carbocycles. The van der Waals surface area contributed by atoms with Crippen molar-refractivity contribution in [3.8, 4) is 0 Å². The first-order valence-corrected chi connectivity index (χ1v) is 6.51. The van der Waals surface area contributed by atoms with Crippen LogP contribution in [-0.2, 0) is 19.1 Å². The number of aliphatic carboxylic acids is 1. The number of carbonyl (C=O) groups excluding carboxylic acids is 1. The first-order chi connectivity index (χ1) is 9.09. The predicted molar refractivity (Wildman–Crippen MR) is 65.5 cm³/mol. The van der Waals surface area contributed by atoms with Gasteiger partial charge in [-0.2, -0.15) is 0 Å². The zero-order chi connectivity index (χ0) is 13.9. The molecule has 7 heteroatoms. The first kappa shape index (κ1) is 14.2.